The normalized spacial score (nSPS) is 10.9. The molecule has 0 unspecified atom stereocenters. The molecule has 8 heterocycles. The van der Waals surface area contributed by atoms with Gasteiger partial charge in [0, 0.05) is 56.3 Å². The highest BCUT2D eigenvalue weighted by molar-refractivity contribution is 7.22. The van der Waals surface area contributed by atoms with Crippen LogP contribution >= 0.6 is 22.7 Å². The van der Waals surface area contributed by atoms with Crippen LogP contribution in [0.2, 0.25) is 0 Å². The van der Waals surface area contributed by atoms with E-state index in [9.17, 15) is 0 Å². The lowest BCUT2D eigenvalue weighted by Crippen LogP contribution is -2.02. The lowest BCUT2D eigenvalue weighted by molar-refractivity contribution is 0.818. The summed E-state index contributed by atoms with van der Waals surface area (Å²) in [5, 5.41) is 11.6. The quantitative estimate of drug-likeness (QED) is 0.183. The van der Waals surface area contributed by atoms with Crippen molar-refractivity contribution in [3.63, 3.8) is 0 Å². The molecule has 0 spiro atoms. The average molecular weight is 657 g/mol. The Bertz CT molecular complexity index is 2210. The zero-order valence-electron chi connectivity index (χ0n) is 27.3. The van der Waals surface area contributed by atoms with E-state index in [1.807, 2.05) is 111 Å². The van der Waals surface area contributed by atoms with Crippen molar-refractivity contribution >= 4 is 42.8 Å². The number of aryl methyl sites for hydroxylation is 4. The van der Waals surface area contributed by atoms with Gasteiger partial charge in [0.1, 0.15) is 0 Å². The largest absolute Gasteiger partial charge is 0.264 e. The Labute approximate surface area is 282 Å². The van der Waals surface area contributed by atoms with Crippen molar-refractivity contribution in [2.75, 3.05) is 0 Å². The monoisotopic (exact) mass is 656 g/mol. The molecule has 0 saturated carbocycles. The van der Waals surface area contributed by atoms with Gasteiger partial charge in [0.15, 0.2) is 11.6 Å². The van der Waals surface area contributed by atoms with Crippen molar-refractivity contribution in [3.8, 4) is 32.8 Å². The van der Waals surface area contributed by atoms with Crippen molar-refractivity contribution in [2.24, 2.45) is 0 Å². The Kier molecular flexibility index (Phi) is 9.60. The van der Waals surface area contributed by atoms with Gasteiger partial charge in [-0.1, -0.05) is 32.9 Å². The van der Waals surface area contributed by atoms with Crippen LogP contribution in [0.15, 0.2) is 97.7 Å². The zero-order valence-corrected chi connectivity index (χ0v) is 29.0. The maximum Gasteiger partial charge on any atom is 0.154 e. The van der Waals surface area contributed by atoms with Gasteiger partial charge in [-0.3, -0.25) is 9.97 Å². The molecule has 0 fully saturated rings. The lowest BCUT2D eigenvalue weighted by atomic mass is 10.2. The number of thiophene rings is 2. The molecular weight excluding hydrogens is 621 g/mol. The summed E-state index contributed by atoms with van der Waals surface area (Å²) in [6.45, 7) is 12.2. The van der Waals surface area contributed by atoms with Gasteiger partial charge in [-0.25, -0.2) is 19.3 Å². The summed E-state index contributed by atoms with van der Waals surface area (Å²) in [4.78, 5) is 20.0. The van der Waals surface area contributed by atoms with Crippen molar-refractivity contribution in [2.45, 2.75) is 48.0 Å². The topological polar surface area (TPSA) is 87.2 Å². The summed E-state index contributed by atoms with van der Waals surface area (Å²) in [6.07, 6.45) is 10.3. The van der Waals surface area contributed by atoms with Crippen molar-refractivity contribution in [1.29, 1.82) is 0 Å². The molecule has 8 nitrogen and oxygen atoms in total. The molecular formula is C37H36N8S2. The third-order valence-corrected chi connectivity index (χ3v) is 9.64. The predicted octanol–water partition coefficient (Wildman–Crippen LogP) is 9.60. The zero-order chi connectivity index (χ0) is 32.9. The van der Waals surface area contributed by atoms with Crippen LogP contribution in [0.1, 0.15) is 43.4 Å². The molecule has 0 atom stereocenters. The van der Waals surface area contributed by atoms with Crippen molar-refractivity contribution < 1.29 is 0 Å². The number of pyridine rings is 4. The third-order valence-electron chi connectivity index (χ3n) is 7.37. The Balaban J connectivity index is 0.000000156. The van der Waals surface area contributed by atoms with Gasteiger partial charge < -0.3 is 0 Å². The maximum atomic E-state index is 4.73. The summed E-state index contributed by atoms with van der Waals surface area (Å²) in [6, 6.07) is 22.6. The summed E-state index contributed by atoms with van der Waals surface area (Å²) in [7, 11) is 0. The molecule has 0 aliphatic heterocycles. The Morgan fingerprint density at radius 1 is 0.660 bits per heavy atom. The number of hydrogen-bond acceptors (Lipinski definition) is 8. The van der Waals surface area contributed by atoms with E-state index in [1.54, 1.807) is 22.7 Å². The highest BCUT2D eigenvalue weighted by Crippen LogP contribution is 2.36. The Morgan fingerprint density at radius 2 is 1.23 bits per heavy atom. The highest BCUT2D eigenvalue weighted by Gasteiger charge is 2.16. The first kappa shape index (κ1) is 31.9. The minimum absolute atomic E-state index is 0.846. The van der Waals surface area contributed by atoms with Crippen LogP contribution in [0.3, 0.4) is 0 Å². The van der Waals surface area contributed by atoms with Gasteiger partial charge >= 0.3 is 0 Å². The van der Waals surface area contributed by atoms with E-state index in [0.29, 0.717) is 0 Å². The van der Waals surface area contributed by atoms with Crippen molar-refractivity contribution in [3.05, 3.63) is 120 Å². The fraction of sp³-hybridized carbons (Fsp3) is 0.189. The van der Waals surface area contributed by atoms with Crippen LogP contribution in [-0.2, 0) is 6.42 Å². The summed E-state index contributed by atoms with van der Waals surface area (Å²) >= 11 is 3.51. The fourth-order valence-corrected chi connectivity index (χ4v) is 7.32. The minimum atomic E-state index is 0.846. The van der Waals surface area contributed by atoms with Crippen LogP contribution in [0, 0.1) is 20.8 Å². The molecule has 8 aromatic rings. The van der Waals surface area contributed by atoms with Crippen LogP contribution < -0.4 is 0 Å². The van der Waals surface area contributed by atoms with E-state index in [2.05, 4.69) is 63.1 Å². The SMILES string of the molecule is CC.CCc1cc(-c2cc3cnccc3s2)n(-c2cccc(C)n2)n1.Cc1cccc(-n2ncc(C)c2-c2cc3cnccc3s2)n1. The number of nitrogens with zero attached hydrogens (tertiary/aromatic N) is 8. The average Bonchev–Trinajstić information content (AvgIpc) is 3.89. The van der Waals surface area contributed by atoms with E-state index in [4.69, 9.17) is 5.10 Å². The molecule has 0 N–H and O–H groups in total. The van der Waals surface area contributed by atoms with Gasteiger partial charge in [-0.15, -0.1) is 22.7 Å². The molecule has 0 saturated heterocycles. The molecule has 0 bridgehead atoms. The molecule has 10 heteroatoms. The van der Waals surface area contributed by atoms with E-state index < -0.39 is 0 Å². The first-order valence-electron chi connectivity index (χ1n) is 15.7. The van der Waals surface area contributed by atoms with Crippen LogP contribution in [-0.4, -0.2) is 39.5 Å². The van der Waals surface area contributed by atoms with E-state index in [-0.39, 0.29) is 0 Å². The molecule has 8 aromatic heterocycles. The minimum Gasteiger partial charge on any atom is -0.264 e. The summed E-state index contributed by atoms with van der Waals surface area (Å²) in [5.41, 5.74) is 6.36. The second-order valence-electron chi connectivity index (χ2n) is 10.7. The third kappa shape index (κ3) is 6.74. The van der Waals surface area contributed by atoms with Gasteiger partial charge in [-0.2, -0.15) is 10.2 Å². The number of hydrogen-bond donors (Lipinski definition) is 0. The van der Waals surface area contributed by atoms with E-state index in [1.165, 1.54) is 19.2 Å². The number of aromatic nitrogens is 8. The van der Waals surface area contributed by atoms with Gasteiger partial charge in [0.25, 0.3) is 0 Å². The second kappa shape index (κ2) is 14.1. The molecule has 0 aromatic carbocycles. The van der Waals surface area contributed by atoms with E-state index >= 15 is 0 Å². The molecule has 47 heavy (non-hydrogen) atoms. The Morgan fingerprint density at radius 3 is 1.81 bits per heavy atom. The highest BCUT2D eigenvalue weighted by atomic mass is 32.1. The molecule has 8 rings (SSSR count). The second-order valence-corrected chi connectivity index (χ2v) is 12.9. The number of rotatable bonds is 5. The fourth-order valence-electron chi connectivity index (χ4n) is 5.16. The molecule has 0 amide bonds. The van der Waals surface area contributed by atoms with E-state index in [0.717, 1.165) is 62.9 Å². The van der Waals surface area contributed by atoms with Crippen LogP contribution in [0.4, 0.5) is 0 Å². The summed E-state index contributed by atoms with van der Waals surface area (Å²) in [5.74, 6) is 1.70. The van der Waals surface area contributed by atoms with Crippen LogP contribution in [0.5, 0.6) is 0 Å². The van der Waals surface area contributed by atoms with Gasteiger partial charge in [0.05, 0.1) is 33.0 Å². The molecule has 0 aliphatic rings. The Hall–Kier alpha value is -5.06. The standard InChI is InChI=1S/C18H16N4S.C17H14N4S.C2H6/c1-3-14-10-15(17-9-13-11-19-8-7-16(13)23-17)22(21-14)18-6-4-5-12(2)20-18;1-11-9-19-21(16-5-3-4-12(2)20-16)17(11)15-8-13-10-18-7-6-14(13)22-15;1-2/h4-11H,3H2,1-2H3;3-10H,1-2H3;1-2H3. The van der Waals surface area contributed by atoms with Crippen LogP contribution in [0.25, 0.3) is 53.0 Å². The maximum absolute atomic E-state index is 4.73. The van der Waals surface area contributed by atoms with Gasteiger partial charge in [0.2, 0.25) is 0 Å². The summed E-state index contributed by atoms with van der Waals surface area (Å²) < 4.78 is 6.33. The first-order chi connectivity index (χ1) is 23.0. The molecule has 236 valence electrons. The molecule has 0 aliphatic carbocycles. The van der Waals surface area contributed by atoms with Gasteiger partial charge in [-0.05, 0) is 87.4 Å². The first-order valence-corrected chi connectivity index (χ1v) is 17.3. The lowest BCUT2D eigenvalue weighted by Gasteiger charge is -2.06. The van der Waals surface area contributed by atoms with Crippen molar-refractivity contribution in [1.82, 2.24) is 39.5 Å². The smallest absolute Gasteiger partial charge is 0.154 e. The number of fused-ring (bicyclic) bond motifs is 2. The molecule has 0 radical (unpaired) electrons. The predicted molar refractivity (Wildman–Crippen MR) is 195 cm³/mol.